The van der Waals surface area contributed by atoms with Crippen molar-refractivity contribution in [2.75, 3.05) is 38.2 Å². The van der Waals surface area contributed by atoms with E-state index >= 15 is 0 Å². The molecule has 0 fully saturated rings. The predicted octanol–water partition coefficient (Wildman–Crippen LogP) is 3.23. The number of hydrazone groups is 1. The molecule has 2 aromatic rings. The fourth-order valence-corrected chi connectivity index (χ4v) is 1.88. The van der Waals surface area contributed by atoms with Gasteiger partial charge in [0.1, 0.15) is 5.75 Å². The third-order valence-electron chi connectivity index (χ3n) is 3.24. The molecule has 2 rings (SSSR count). The Bertz CT molecular complexity index is 588. The largest absolute Gasteiger partial charge is 0.497 e. The molecular formula is C17H21N3O. The standard InChI is InChI=1S/C17H21N3O/c1-19(2)15-7-5-14(6-8-15)13-18-20(3)16-9-11-17(21-4)12-10-16/h5-13H,1-4H3. The van der Waals surface area contributed by atoms with E-state index in [2.05, 4.69) is 34.3 Å². The molecule has 0 aliphatic heterocycles. The molecule has 0 amide bonds. The van der Waals surface area contributed by atoms with Crippen LogP contribution in [-0.4, -0.2) is 34.5 Å². The molecule has 110 valence electrons. The Kier molecular flexibility index (Phi) is 4.82. The summed E-state index contributed by atoms with van der Waals surface area (Å²) in [5, 5.41) is 6.28. The van der Waals surface area contributed by atoms with Crippen molar-refractivity contribution in [3.63, 3.8) is 0 Å². The van der Waals surface area contributed by atoms with Crippen molar-refractivity contribution >= 4 is 17.6 Å². The van der Waals surface area contributed by atoms with Crippen LogP contribution < -0.4 is 14.6 Å². The van der Waals surface area contributed by atoms with E-state index in [1.807, 2.05) is 56.6 Å². The molecule has 0 saturated heterocycles. The Morgan fingerprint density at radius 1 is 0.857 bits per heavy atom. The van der Waals surface area contributed by atoms with Gasteiger partial charge in [-0.05, 0) is 42.0 Å². The maximum Gasteiger partial charge on any atom is 0.119 e. The third kappa shape index (κ3) is 3.99. The molecule has 0 atom stereocenters. The molecule has 0 unspecified atom stereocenters. The minimum absolute atomic E-state index is 0.843. The molecular weight excluding hydrogens is 262 g/mol. The summed E-state index contributed by atoms with van der Waals surface area (Å²) in [6, 6.07) is 16.1. The maximum atomic E-state index is 5.15. The fraction of sp³-hybridized carbons (Fsp3) is 0.235. The summed E-state index contributed by atoms with van der Waals surface area (Å²) >= 11 is 0. The van der Waals surface area contributed by atoms with Gasteiger partial charge in [-0.3, -0.25) is 5.01 Å². The molecule has 21 heavy (non-hydrogen) atoms. The zero-order valence-corrected chi connectivity index (χ0v) is 12.9. The van der Waals surface area contributed by atoms with Gasteiger partial charge in [0.15, 0.2) is 0 Å². The molecule has 0 spiro atoms. The van der Waals surface area contributed by atoms with E-state index < -0.39 is 0 Å². The predicted molar refractivity (Wildman–Crippen MR) is 89.8 cm³/mol. The van der Waals surface area contributed by atoms with Crippen LogP contribution in [0.1, 0.15) is 5.56 Å². The zero-order chi connectivity index (χ0) is 15.2. The highest BCUT2D eigenvalue weighted by Crippen LogP contribution is 2.18. The number of benzene rings is 2. The Labute approximate surface area is 126 Å². The average molecular weight is 283 g/mol. The minimum Gasteiger partial charge on any atom is -0.497 e. The Hall–Kier alpha value is -2.49. The molecule has 4 nitrogen and oxygen atoms in total. The number of methoxy groups -OCH3 is 1. The van der Waals surface area contributed by atoms with Crippen LogP contribution in [0.3, 0.4) is 0 Å². The van der Waals surface area contributed by atoms with Crippen LogP contribution in [0.25, 0.3) is 0 Å². The van der Waals surface area contributed by atoms with Crippen molar-refractivity contribution < 1.29 is 4.74 Å². The van der Waals surface area contributed by atoms with E-state index in [0.717, 1.165) is 17.0 Å². The highest BCUT2D eigenvalue weighted by Gasteiger charge is 1.99. The molecule has 0 N–H and O–H groups in total. The first-order valence-corrected chi connectivity index (χ1v) is 6.79. The maximum absolute atomic E-state index is 5.15. The van der Waals surface area contributed by atoms with E-state index in [0.29, 0.717) is 0 Å². The van der Waals surface area contributed by atoms with Crippen molar-refractivity contribution in [2.45, 2.75) is 0 Å². The van der Waals surface area contributed by atoms with E-state index in [4.69, 9.17) is 4.74 Å². The van der Waals surface area contributed by atoms with Crippen LogP contribution in [0.15, 0.2) is 53.6 Å². The van der Waals surface area contributed by atoms with Crippen molar-refractivity contribution in [3.8, 4) is 5.75 Å². The Morgan fingerprint density at radius 3 is 1.95 bits per heavy atom. The van der Waals surface area contributed by atoms with Crippen LogP contribution in [0.2, 0.25) is 0 Å². The monoisotopic (exact) mass is 283 g/mol. The van der Waals surface area contributed by atoms with Crippen molar-refractivity contribution in [2.24, 2.45) is 5.10 Å². The van der Waals surface area contributed by atoms with Crippen LogP contribution >= 0.6 is 0 Å². The van der Waals surface area contributed by atoms with E-state index in [1.54, 1.807) is 7.11 Å². The number of anilines is 2. The smallest absolute Gasteiger partial charge is 0.119 e. The number of hydrogen-bond acceptors (Lipinski definition) is 4. The SMILES string of the molecule is COc1ccc(N(C)N=Cc2ccc(N(C)C)cc2)cc1. The lowest BCUT2D eigenvalue weighted by Gasteiger charge is -2.14. The number of nitrogens with zero attached hydrogens (tertiary/aromatic N) is 3. The average Bonchev–Trinajstić information content (AvgIpc) is 2.53. The van der Waals surface area contributed by atoms with Crippen LogP contribution in [0, 0.1) is 0 Å². The topological polar surface area (TPSA) is 28.1 Å². The van der Waals surface area contributed by atoms with Gasteiger partial charge in [0.25, 0.3) is 0 Å². The van der Waals surface area contributed by atoms with E-state index in [-0.39, 0.29) is 0 Å². The lowest BCUT2D eigenvalue weighted by molar-refractivity contribution is 0.415. The Balaban J connectivity index is 2.05. The summed E-state index contributed by atoms with van der Waals surface area (Å²) in [6.45, 7) is 0. The van der Waals surface area contributed by atoms with E-state index in [9.17, 15) is 0 Å². The molecule has 4 heteroatoms. The highest BCUT2D eigenvalue weighted by atomic mass is 16.5. The van der Waals surface area contributed by atoms with Gasteiger partial charge < -0.3 is 9.64 Å². The first-order chi connectivity index (χ1) is 10.1. The van der Waals surface area contributed by atoms with Gasteiger partial charge >= 0.3 is 0 Å². The quantitative estimate of drug-likeness (QED) is 0.623. The van der Waals surface area contributed by atoms with Gasteiger partial charge in [-0.1, -0.05) is 12.1 Å². The second-order valence-electron chi connectivity index (χ2n) is 4.95. The molecule has 0 radical (unpaired) electrons. The number of rotatable bonds is 5. The second kappa shape index (κ2) is 6.79. The highest BCUT2D eigenvalue weighted by molar-refractivity contribution is 5.81. The first kappa shape index (κ1) is 14.9. The van der Waals surface area contributed by atoms with Gasteiger partial charge in [-0.15, -0.1) is 0 Å². The van der Waals surface area contributed by atoms with Crippen molar-refractivity contribution in [1.29, 1.82) is 0 Å². The van der Waals surface area contributed by atoms with Gasteiger partial charge in [-0.25, -0.2) is 0 Å². The zero-order valence-electron chi connectivity index (χ0n) is 12.9. The van der Waals surface area contributed by atoms with Crippen molar-refractivity contribution in [1.82, 2.24) is 0 Å². The van der Waals surface area contributed by atoms with Gasteiger partial charge in [-0.2, -0.15) is 5.10 Å². The van der Waals surface area contributed by atoms with Crippen molar-refractivity contribution in [3.05, 3.63) is 54.1 Å². The third-order valence-corrected chi connectivity index (χ3v) is 3.24. The first-order valence-electron chi connectivity index (χ1n) is 6.79. The molecule has 0 saturated carbocycles. The number of hydrogen-bond donors (Lipinski definition) is 0. The molecule has 0 heterocycles. The summed E-state index contributed by atoms with van der Waals surface area (Å²) in [5.41, 5.74) is 3.26. The lowest BCUT2D eigenvalue weighted by Crippen LogP contribution is -2.09. The van der Waals surface area contributed by atoms with Crippen LogP contribution in [0.5, 0.6) is 5.75 Å². The van der Waals surface area contributed by atoms with E-state index in [1.165, 1.54) is 5.69 Å². The minimum atomic E-state index is 0.843. The summed E-state index contributed by atoms with van der Waals surface area (Å²) in [7, 11) is 7.64. The second-order valence-corrected chi connectivity index (χ2v) is 4.95. The van der Waals surface area contributed by atoms with Gasteiger partial charge in [0.2, 0.25) is 0 Å². The lowest BCUT2D eigenvalue weighted by atomic mass is 10.2. The van der Waals surface area contributed by atoms with Crippen LogP contribution in [0.4, 0.5) is 11.4 Å². The van der Waals surface area contributed by atoms with Crippen LogP contribution in [-0.2, 0) is 0 Å². The summed E-state index contributed by atoms with van der Waals surface area (Å²) in [6.07, 6.45) is 1.85. The molecule has 0 aromatic heterocycles. The Morgan fingerprint density at radius 2 is 1.43 bits per heavy atom. The summed E-state index contributed by atoms with van der Waals surface area (Å²) < 4.78 is 5.15. The van der Waals surface area contributed by atoms with Gasteiger partial charge in [0, 0.05) is 26.8 Å². The van der Waals surface area contributed by atoms with Gasteiger partial charge in [0.05, 0.1) is 19.0 Å². The summed E-state index contributed by atoms with van der Waals surface area (Å²) in [4.78, 5) is 2.07. The fourth-order valence-electron chi connectivity index (χ4n) is 1.88. The molecule has 0 bridgehead atoms. The molecule has 0 aliphatic rings. The normalized spacial score (nSPS) is 10.7. The number of ether oxygens (including phenoxy) is 1. The summed E-state index contributed by atoms with van der Waals surface area (Å²) in [5.74, 6) is 0.843. The molecule has 0 aliphatic carbocycles. The molecule has 2 aromatic carbocycles.